The van der Waals surface area contributed by atoms with E-state index >= 15 is 0 Å². The molecule has 2 fully saturated rings. The molecule has 4 rings (SSSR count). The standard InChI is InChI=1S/C23H27N3O3S2/c1-3-15-7-5-9-18-16(11-19-22(28)26(4-2)23(30)31-19)13-25(21(15)18)14-20(27)24-12-17-8-6-10-29-17/h5,7,9,11,13,17H,3-4,6,8,10,12,14H2,1-2H3,(H,24,27)/b19-11-/t17-/m1/s1. The SMILES string of the molecule is CCc1cccc2c(/C=C3\SC(=S)N(CC)C3=O)cn(CC(=O)NC[C@H]3CCCO3)c12. The Morgan fingerprint density at radius 3 is 2.90 bits per heavy atom. The van der Waals surface area contributed by atoms with E-state index in [1.54, 1.807) is 4.90 Å². The molecule has 2 aliphatic rings. The van der Waals surface area contributed by atoms with Crippen molar-refractivity contribution < 1.29 is 14.3 Å². The third kappa shape index (κ3) is 4.56. The molecule has 1 atom stereocenters. The molecule has 2 amide bonds. The van der Waals surface area contributed by atoms with Crippen LogP contribution >= 0.6 is 24.0 Å². The van der Waals surface area contributed by atoms with Crippen molar-refractivity contribution in [3.63, 3.8) is 0 Å². The molecule has 1 aromatic heterocycles. The van der Waals surface area contributed by atoms with Crippen LogP contribution in [-0.2, 0) is 27.3 Å². The van der Waals surface area contributed by atoms with Crippen LogP contribution in [-0.4, -0.2) is 51.4 Å². The minimum absolute atomic E-state index is 0.0397. The molecular formula is C23H27N3O3S2. The lowest BCUT2D eigenvalue weighted by molar-refractivity contribution is -0.122. The molecule has 0 saturated carbocycles. The summed E-state index contributed by atoms with van der Waals surface area (Å²) in [5.41, 5.74) is 3.13. The first-order chi connectivity index (χ1) is 15.0. The smallest absolute Gasteiger partial charge is 0.266 e. The second-order valence-corrected chi connectivity index (χ2v) is 9.42. The van der Waals surface area contributed by atoms with Crippen molar-refractivity contribution in [2.75, 3.05) is 19.7 Å². The number of amides is 2. The number of aromatic nitrogens is 1. The molecule has 164 valence electrons. The number of nitrogens with zero attached hydrogens (tertiary/aromatic N) is 2. The zero-order chi connectivity index (χ0) is 22.0. The zero-order valence-corrected chi connectivity index (χ0v) is 19.5. The maximum Gasteiger partial charge on any atom is 0.266 e. The van der Waals surface area contributed by atoms with Crippen molar-refractivity contribution in [3.05, 3.63) is 40.4 Å². The highest BCUT2D eigenvalue weighted by atomic mass is 32.2. The average Bonchev–Trinajstić information content (AvgIpc) is 3.46. The quantitative estimate of drug-likeness (QED) is 0.507. The maximum atomic E-state index is 12.7. The first-order valence-electron chi connectivity index (χ1n) is 10.8. The van der Waals surface area contributed by atoms with E-state index in [2.05, 4.69) is 18.3 Å². The maximum absolute atomic E-state index is 12.7. The molecule has 2 aromatic rings. The van der Waals surface area contributed by atoms with Crippen molar-refractivity contribution in [2.24, 2.45) is 0 Å². The van der Waals surface area contributed by atoms with Gasteiger partial charge >= 0.3 is 0 Å². The molecule has 6 nitrogen and oxygen atoms in total. The molecule has 1 N–H and O–H groups in total. The second-order valence-electron chi connectivity index (χ2n) is 7.74. The van der Waals surface area contributed by atoms with E-state index < -0.39 is 0 Å². The van der Waals surface area contributed by atoms with Crippen LogP contribution in [0.25, 0.3) is 17.0 Å². The van der Waals surface area contributed by atoms with Crippen LogP contribution in [0.2, 0.25) is 0 Å². The number of ether oxygens (including phenoxy) is 1. The number of thiocarbonyl (C=S) groups is 1. The van der Waals surface area contributed by atoms with Crippen LogP contribution in [0.3, 0.4) is 0 Å². The number of carbonyl (C=O) groups is 2. The van der Waals surface area contributed by atoms with Gasteiger partial charge in [0.05, 0.1) is 16.5 Å². The van der Waals surface area contributed by atoms with E-state index in [9.17, 15) is 9.59 Å². The molecule has 8 heteroatoms. The Kier molecular flexibility index (Phi) is 6.79. The van der Waals surface area contributed by atoms with Gasteiger partial charge < -0.3 is 14.6 Å². The van der Waals surface area contributed by atoms with Gasteiger partial charge in [-0.2, -0.15) is 0 Å². The Bertz CT molecular complexity index is 1050. The number of hydrogen-bond donors (Lipinski definition) is 1. The van der Waals surface area contributed by atoms with Gasteiger partial charge in [-0.3, -0.25) is 14.5 Å². The van der Waals surface area contributed by atoms with Crippen LogP contribution in [0, 0.1) is 0 Å². The number of rotatable bonds is 7. The van der Waals surface area contributed by atoms with E-state index in [-0.39, 0.29) is 24.5 Å². The Balaban J connectivity index is 1.63. The van der Waals surface area contributed by atoms with Gasteiger partial charge in [0.25, 0.3) is 5.91 Å². The summed E-state index contributed by atoms with van der Waals surface area (Å²) in [5, 5.41) is 4.04. The van der Waals surface area contributed by atoms with Crippen LogP contribution in [0.15, 0.2) is 29.3 Å². The number of fused-ring (bicyclic) bond motifs is 1. The molecule has 2 saturated heterocycles. The van der Waals surface area contributed by atoms with Gasteiger partial charge in [0.15, 0.2) is 0 Å². The highest BCUT2D eigenvalue weighted by Gasteiger charge is 2.31. The number of carbonyl (C=O) groups excluding carboxylic acids is 2. The molecule has 3 heterocycles. The van der Waals surface area contributed by atoms with Gasteiger partial charge in [0.2, 0.25) is 5.91 Å². The minimum atomic E-state index is -0.0562. The molecule has 31 heavy (non-hydrogen) atoms. The number of hydrogen-bond acceptors (Lipinski definition) is 5. The van der Waals surface area contributed by atoms with E-state index in [1.165, 1.54) is 17.3 Å². The van der Waals surface area contributed by atoms with Crippen molar-refractivity contribution in [3.8, 4) is 0 Å². The normalized spacial score (nSPS) is 20.4. The Hall–Kier alpha value is -2.16. The van der Waals surface area contributed by atoms with Gasteiger partial charge in [-0.1, -0.05) is 49.1 Å². The lowest BCUT2D eigenvalue weighted by Gasteiger charge is -2.12. The zero-order valence-electron chi connectivity index (χ0n) is 17.8. The number of aryl methyl sites for hydroxylation is 1. The summed E-state index contributed by atoms with van der Waals surface area (Å²) in [6.07, 6.45) is 6.89. The molecule has 1 aromatic carbocycles. The molecule has 0 radical (unpaired) electrons. The summed E-state index contributed by atoms with van der Waals surface area (Å²) in [7, 11) is 0. The van der Waals surface area contributed by atoms with Crippen LogP contribution in [0.5, 0.6) is 0 Å². The first kappa shape index (κ1) is 22.0. The van der Waals surface area contributed by atoms with Crippen molar-refractivity contribution in [1.29, 1.82) is 0 Å². The predicted octanol–water partition coefficient (Wildman–Crippen LogP) is 3.72. The van der Waals surface area contributed by atoms with Crippen molar-refractivity contribution in [1.82, 2.24) is 14.8 Å². The number of thioether (sulfide) groups is 1. The Morgan fingerprint density at radius 1 is 1.39 bits per heavy atom. The number of benzene rings is 1. The Morgan fingerprint density at radius 2 is 2.23 bits per heavy atom. The number of likely N-dealkylation sites (N-methyl/N-ethyl adjacent to an activating group) is 1. The van der Waals surface area contributed by atoms with Gasteiger partial charge in [-0.25, -0.2) is 0 Å². The molecular weight excluding hydrogens is 430 g/mol. The number of nitrogens with one attached hydrogen (secondary N) is 1. The minimum Gasteiger partial charge on any atom is -0.376 e. The molecule has 0 unspecified atom stereocenters. The Labute approximate surface area is 192 Å². The van der Waals surface area contributed by atoms with E-state index in [4.69, 9.17) is 17.0 Å². The number of para-hydroxylation sites is 1. The molecule has 0 spiro atoms. The van der Waals surface area contributed by atoms with Gasteiger partial charge in [0, 0.05) is 36.8 Å². The summed E-state index contributed by atoms with van der Waals surface area (Å²) in [6, 6.07) is 6.16. The largest absolute Gasteiger partial charge is 0.376 e. The highest BCUT2D eigenvalue weighted by molar-refractivity contribution is 8.26. The van der Waals surface area contributed by atoms with E-state index in [1.807, 2.05) is 35.9 Å². The average molecular weight is 458 g/mol. The summed E-state index contributed by atoms with van der Waals surface area (Å²) < 4.78 is 8.18. The predicted molar refractivity (Wildman–Crippen MR) is 129 cm³/mol. The summed E-state index contributed by atoms with van der Waals surface area (Å²) in [5.74, 6) is -0.0958. The summed E-state index contributed by atoms with van der Waals surface area (Å²) in [4.78, 5) is 27.6. The van der Waals surface area contributed by atoms with Gasteiger partial charge in [-0.15, -0.1) is 0 Å². The van der Waals surface area contributed by atoms with E-state index in [0.29, 0.717) is 22.3 Å². The second kappa shape index (κ2) is 9.54. The third-order valence-electron chi connectivity index (χ3n) is 5.73. The lowest BCUT2D eigenvalue weighted by Crippen LogP contribution is -2.34. The molecule has 0 aliphatic carbocycles. The lowest BCUT2D eigenvalue weighted by atomic mass is 10.1. The van der Waals surface area contributed by atoms with Crippen LogP contribution in [0.1, 0.15) is 37.8 Å². The fourth-order valence-corrected chi connectivity index (χ4v) is 5.52. The van der Waals surface area contributed by atoms with Crippen molar-refractivity contribution in [2.45, 2.75) is 45.8 Å². The van der Waals surface area contributed by atoms with Crippen LogP contribution < -0.4 is 5.32 Å². The van der Waals surface area contributed by atoms with Gasteiger partial charge in [-0.05, 0) is 37.8 Å². The highest BCUT2D eigenvalue weighted by Crippen LogP contribution is 2.35. The molecule has 0 bridgehead atoms. The molecule has 2 aliphatic heterocycles. The monoisotopic (exact) mass is 457 g/mol. The first-order valence-corrected chi connectivity index (χ1v) is 12.0. The fraction of sp³-hybridized carbons (Fsp3) is 0.435. The summed E-state index contributed by atoms with van der Waals surface area (Å²) >= 11 is 6.67. The fourth-order valence-electron chi connectivity index (χ4n) is 4.15. The topological polar surface area (TPSA) is 63.6 Å². The van der Waals surface area contributed by atoms with Gasteiger partial charge in [0.1, 0.15) is 10.9 Å². The summed E-state index contributed by atoms with van der Waals surface area (Å²) in [6.45, 7) is 6.14. The van der Waals surface area contributed by atoms with E-state index in [0.717, 1.165) is 42.3 Å². The van der Waals surface area contributed by atoms with Crippen LogP contribution in [0.4, 0.5) is 0 Å². The third-order valence-corrected chi connectivity index (χ3v) is 7.11. The van der Waals surface area contributed by atoms with Crippen molar-refractivity contribution >= 4 is 57.1 Å².